The Labute approximate surface area is 104 Å². The van der Waals surface area contributed by atoms with Crippen molar-refractivity contribution in [2.75, 3.05) is 5.88 Å². The van der Waals surface area contributed by atoms with Crippen LogP contribution in [0.1, 0.15) is 64.7 Å². The zero-order valence-corrected chi connectivity index (χ0v) is 11.1. The van der Waals surface area contributed by atoms with E-state index >= 15 is 0 Å². The Morgan fingerprint density at radius 1 is 1.06 bits per heavy atom. The third-order valence-corrected chi connectivity index (χ3v) is 3.31. The number of aliphatic carboxylic acids is 1. The van der Waals surface area contributed by atoms with Crippen LogP contribution in [-0.4, -0.2) is 17.0 Å². The minimum absolute atomic E-state index is 0.242. The summed E-state index contributed by atoms with van der Waals surface area (Å²) in [5, 5.41) is 8.79. The third-order valence-electron chi connectivity index (χ3n) is 2.94. The van der Waals surface area contributed by atoms with Gasteiger partial charge in [-0.2, -0.15) is 0 Å². The Kier molecular flexibility index (Phi) is 11.1. The van der Waals surface area contributed by atoms with E-state index < -0.39 is 5.97 Å². The van der Waals surface area contributed by atoms with E-state index in [9.17, 15) is 4.79 Å². The average molecular weight is 249 g/mol. The number of unbranched alkanes of at least 4 members (excludes halogenated alkanes) is 7. The van der Waals surface area contributed by atoms with Crippen molar-refractivity contribution in [1.82, 2.24) is 0 Å². The summed E-state index contributed by atoms with van der Waals surface area (Å²) < 4.78 is 0. The second-order valence-electron chi connectivity index (χ2n) is 4.45. The van der Waals surface area contributed by atoms with Crippen LogP contribution >= 0.6 is 11.6 Å². The van der Waals surface area contributed by atoms with Crippen molar-refractivity contribution in [1.29, 1.82) is 0 Å². The van der Waals surface area contributed by atoms with E-state index in [2.05, 4.69) is 6.92 Å². The molecule has 1 unspecified atom stereocenters. The van der Waals surface area contributed by atoms with E-state index in [0.29, 0.717) is 0 Å². The van der Waals surface area contributed by atoms with Gasteiger partial charge in [-0.15, -0.1) is 11.6 Å². The summed E-state index contributed by atoms with van der Waals surface area (Å²) in [6.07, 6.45) is 10.7. The maximum absolute atomic E-state index is 10.7. The quantitative estimate of drug-likeness (QED) is 0.433. The fourth-order valence-electron chi connectivity index (χ4n) is 1.79. The van der Waals surface area contributed by atoms with Crippen molar-refractivity contribution in [2.45, 2.75) is 64.7 Å². The highest BCUT2D eigenvalue weighted by molar-refractivity contribution is 6.19. The van der Waals surface area contributed by atoms with Gasteiger partial charge in [0.2, 0.25) is 0 Å². The molecule has 16 heavy (non-hydrogen) atoms. The van der Waals surface area contributed by atoms with Crippen molar-refractivity contribution in [3.8, 4) is 0 Å². The number of rotatable bonds is 11. The van der Waals surface area contributed by atoms with Gasteiger partial charge in [0, 0.05) is 5.88 Å². The first-order valence-corrected chi connectivity index (χ1v) is 7.04. The smallest absolute Gasteiger partial charge is 0.307 e. The molecule has 0 fully saturated rings. The van der Waals surface area contributed by atoms with Gasteiger partial charge in [0.05, 0.1) is 5.92 Å². The lowest BCUT2D eigenvalue weighted by molar-refractivity contribution is -0.141. The van der Waals surface area contributed by atoms with Crippen LogP contribution in [0.2, 0.25) is 0 Å². The molecule has 0 amide bonds. The van der Waals surface area contributed by atoms with Crippen molar-refractivity contribution in [3.05, 3.63) is 0 Å². The molecule has 0 radical (unpaired) electrons. The van der Waals surface area contributed by atoms with E-state index in [1.54, 1.807) is 0 Å². The van der Waals surface area contributed by atoms with Gasteiger partial charge in [0.25, 0.3) is 0 Å². The molecule has 1 atom stereocenters. The van der Waals surface area contributed by atoms with Crippen LogP contribution in [0.15, 0.2) is 0 Å². The topological polar surface area (TPSA) is 37.3 Å². The van der Waals surface area contributed by atoms with E-state index in [1.807, 2.05) is 0 Å². The fourth-order valence-corrected chi connectivity index (χ4v) is 2.08. The molecule has 0 rings (SSSR count). The number of hydrogen-bond donors (Lipinski definition) is 1. The molecule has 0 aliphatic heterocycles. The SMILES string of the molecule is CCCCCCCCCCC(CCl)C(=O)O. The minimum Gasteiger partial charge on any atom is -0.481 e. The highest BCUT2D eigenvalue weighted by atomic mass is 35.5. The summed E-state index contributed by atoms with van der Waals surface area (Å²) in [5.74, 6) is -0.856. The Hall–Kier alpha value is -0.240. The van der Waals surface area contributed by atoms with Gasteiger partial charge in [0.15, 0.2) is 0 Å². The number of hydrogen-bond acceptors (Lipinski definition) is 1. The summed E-state index contributed by atoms with van der Waals surface area (Å²) in [6, 6.07) is 0. The Morgan fingerprint density at radius 2 is 1.56 bits per heavy atom. The van der Waals surface area contributed by atoms with Gasteiger partial charge in [0.1, 0.15) is 0 Å². The minimum atomic E-state index is -0.752. The molecule has 0 aromatic heterocycles. The molecule has 3 heteroatoms. The summed E-state index contributed by atoms with van der Waals surface area (Å²) in [5.41, 5.74) is 0. The maximum atomic E-state index is 10.7. The van der Waals surface area contributed by atoms with Crippen LogP contribution < -0.4 is 0 Å². The first-order valence-electron chi connectivity index (χ1n) is 6.51. The molecule has 0 aliphatic carbocycles. The fraction of sp³-hybridized carbons (Fsp3) is 0.923. The summed E-state index contributed by atoms with van der Waals surface area (Å²) in [7, 11) is 0. The van der Waals surface area contributed by atoms with Gasteiger partial charge in [-0.3, -0.25) is 4.79 Å². The number of carboxylic acid groups (broad SMARTS) is 1. The molecule has 0 spiro atoms. The molecule has 96 valence electrons. The van der Waals surface area contributed by atoms with Gasteiger partial charge in [-0.25, -0.2) is 0 Å². The van der Waals surface area contributed by atoms with E-state index in [0.717, 1.165) is 19.3 Å². The normalized spacial score (nSPS) is 12.6. The molecule has 0 aromatic rings. The zero-order valence-electron chi connectivity index (χ0n) is 10.4. The molecule has 0 aromatic carbocycles. The standard InChI is InChI=1S/C13H25ClO2/c1-2-3-4-5-6-7-8-9-10-12(11-14)13(15)16/h12H,2-11H2,1H3,(H,15,16). The molecule has 0 bridgehead atoms. The summed E-state index contributed by atoms with van der Waals surface area (Å²) in [4.78, 5) is 10.7. The van der Waals surface area contributed by atoms with Crippen LogP contribution in [0.25, 0.3) is 0 Å². The number of carbonyl (C=O) groups is 1. The highest BCUT2D eigenvalue weighted by Gasteiger charge is 2.14. The number of carboxylic acids is 1. The average Bonchev–Trinajstić information content (AvgIpc) is 2.26. The summed E-state index contributed by atoms with van der Waals surface area (Å²) in [6.45, 7) is 2.22. The van der Waals surface area contributed by atoms with E-state index in [4.69, 9.17) is 16.7 Å². The maximum Gasteiger partial charge on any atom is 0.307 e. The van der Waals surface area contributed by atoms with Crippen LogP contribution in [-0.2, 0) is 4.79 Å². The van der Waals surface area contributed by atoms with Gasteiger partial charge in [-0.1, -0.05) is 58.3 Å². The van der Waals surface area contributed by atoms with Gasteiger partial charge in [-0.05, 0) is 6.42 Å². The van der Waals surface area contributed by atoms with Gasteiger partial charge >= 0.3 is 5.97 Å². The predicted molar refractivity (Wildman–Crippen MR) is 69.1 cm³/mol. The molecule has 0 saturated carbocycles. The van der Waals surface area contributed by atoms with Crippen molar-refractivity contribution < 1.29 is 9.90 Å². The van der Waals surface area contributed by atoms with Crippen LogP contribution in [0, 0.1) is 5.92 Å². The first kappa shape index (κ1) is 15.8. The summed E-state index contributed by atoms with van der Waals surface area (Å²) >= 11 is 5.58. The largest absolute Gasteiger partial charge is 0.481 e. The monoisotopic (exact) mass is 248 g/mol. The van der Waals surface area contributed by atoms with Crippen LogP contribution in [0.5, 0.6) is 0 Å². The van der Waals surface area contributed by atoms with E-state index in [1.165, 1.54) is 38.5 Å². The molecule has 2 nitrogen and oxygen atoms in total. The van der Waals surface area contributed by atoms with Crippen LogP contribution in [0.3, 0.4) is 0 Å². The molecular weight excluding hydrogens is 224 g/mol. The molecule has 0 heterocycles. The zero-order chi connectivity index (χ0) is 12.2. The highest BCUT2D eigenvalue weighted by Crippen LogP contribution is 2.14. The van der Waals surface area contributed by atoms with Crippen molar-refractivity contribution in [3.63, 3.8) is 0 Å². The second-order valence-corrected chi connectivity index (χ2v) is 4.76. The number of alkyl halides is 1. The second kappa shape index (κ2) is 11.3. The molecule has 1 N–H and O–H groups in total. The van der Waals surface area contributed by atoms with Crippen molar-refractivity contribution in [2.24, 2.45) is 5.92 Å². The molecule has 0 saturated heterocycles. The Balaban J connectivity index is 3.22. The van der Waals surface area contributed by atoms with E-state index in [-0.39, 0.29) is 11.8 Å². The lowest BCUT2D eigenvalue weighted by Crippen LogP contribution is -2.14. The Morgan fingerprint density at radius 3 is 2.00 bits per heavy atom. The van der Waals surface area contributed by atoms with Crippen molar-refractivity contribution >= 4 is 17.6 Å². The third kappa shape index (κ3) is 9.02. The number of halogens is 1. The first-order chi connectivity index (χ1) is 7.72. The van der Waals surface area contributed by atoms with Gasteiger partial charge < -0.3 is 5.11 Å². The lowest BCUT2D eigenvalue weighted by atomic mass is 10.0. The lowest BCUT2D eigenvalue weighted by Gasteiger charge is -2.07. The Bertz CT molecular complexity index is 171. The molecule has 0 aliphatic rings. The molecular formula is C13H25ClO2. The predicted octanol–water partition coefficient (Wildman–Crippen LogP) is 4.46. The van der Waals surface area contributed by atoms with Crippen LogP contribution in [0.4, 0.5) is 0 Å².